The molecule has 116 valence electrons. The van der Waals surface area contributed by atoms with Gasteiger partial charge in [-0.2, -0.15) is 0 Å². The normalized spacial score (nSPS) is 38.9. The largest absolute Gasteiger partial charge is 0.329 e. The smallest absolute Gasteiger partial charge is 0.0358 e. The first kappa shape index (κ1) is 14.8. The molecule has 0 radical (unpaired) electrons. The monoisotopic (exact) mass is 279 g/mol. The van der Waals surface area contributed by atoms with Crippen molar-refractivity contribution in [2.24, 2.45) is 11.1 Å². The number of likely N-dealkylation sites (tertiary alicyclic amines) is 1. The average molecular weight is 279 g/mol. The zero-order valence-electron chi connectivity index (χ0n) is 13.5. The lowest BCUT2D eigenvalue weighted by atomic mass is 9.74. The first-order valence-corrected chi connectivity index (χ1v) is 8.80. The molecule has 3 aliphatic rings. The molecule has 0 saturated carbocycles. The number of hydrogen-bond donors (Lipinski definition) is 1. The molecular formula is C17H33N3. The highest BCUT2D eigenvalue weighted by atomic mass is 15.3. The summed E-state index contributed by atoms with van der Waals surface area (Å²) in [6.45, 7) is 10.8. The van der Waals surface area contributed by atoms with E-state index in [0.29, 0.717) is 11.0 Å². The van der Waals surface area contributed by atoms with Crippen LogP contribution < -0.4 is 5.73 Å². The van der Waals surface area contributed by atoms with Crippen molar-refractivity contribution >= 4 is 0 Å². The van der Waals surface area contributed by atoms with Gasteiger partial charge in [0.15, 0.2) is 0 Å². The lowest BCUT2D eigenvalue weighted by Gasteiger charge is -2.53. The van der Waals surface area contributed by atoms with E-state index >= 15 is 0 Å². The van der Waals surface area contributed by atoms with Crippen molar-refractivity contribution in [1.82, 2.24) is 9.80 Å². The summed E-state index contributed by atoms with van der Waals surface area (Å²) >= 11 is 0. The van der Waals surface area contributed by atoms with Crippen LogP contribution in [0.25, 0.3) is 0 Å². The maximum Gasteiger partial charge on any atom is 0.0358 e. The van der Waals surface area contributed by atoms with Crippen molar-refractivity contribution in [3.05, 3.63) is 0 Å². The second-order valence-electron chi connectivity index (χ2n) is 7.87. The Kier molecular flexibility index (Phi) is 4.13. The van der Waals surface area contributed by atoms with E-state index in [1.807, 2.05) is 0 Å². The van der Waals surface area contributed by atoms with Gasteiger partial charge in [-0.3, -0.25) is 4.90 Å². The molecule has 0 spiro atoms. The Bertz CT molecular complexity index is 335. The van der Waals surface area contributed by atoms with Gasteiger partial charge < -0.3 is 10.6 Å². The summed E-state index contributed by atoms with van der Waals surface area (Å²) in [5, 5.41) is 0. The van der Waals surface area contributed by atoms with Crippen molar-refractivity contribution in [2.75, 3.05) is 32.7 Å². The molecule has 3 fully saturated rings. The van der Waals surface area contributed by atoms with Gasteiger partial charge in [0, 0.05) is 24.7 Å². The van der Waals surface area contributed by atoms with Gasteiger partial charge in [0.25, 0.3) is 0 Å². The van der Waals surface area contributed by atoms with Gasteiger partial charge in [-0.05, 0) is 63.6 Å². The van der Waals surface area contributed by atoms with Crippen molar-refractivity contribution in [3.8, 4) is 0 Å². The summed E-state index contributed by atoms with van der Waals surface area (Å²) in [5.41, 5.74) is 7.20. The minimum Gasteiger partial charge on any atom is -0.329 e. The number of piperidine rings is 2. The third kappa shape index (κ3) is 2.53. The molecule has 3 heteroatoms. The van der Waals surface area contributed by atoms with Crippen LogP contribution in [0.3, 0.4) is 0 Å². The van der Waals surface area contributed by atoms with Crippen molar-refractivity contribution < 1.29 is 0 Å². The van der Waals surface area contributed by atoms with E-state index < -0.39 is 0 Å². The number of nitrogens with two attached hydrogens (primary N) is 1. The van der Waals surface area contributed by atoms with Gasteiger partial charge in [0.05, 0.1) is 0 Å². The lowest BCUT2D eigenvalue weighted by molar-refractivity contribution is -0.0243. The predicted octanol–water partition coefficient (Wildman–Crippen LogP) is 2.45. The second kappa shape index (κ2) is 5.58. The van der Waals surface area contributed by atoms with Crippen LogP contribution in [0.1, 0.15) is 58.8 Å². The molecule has 0 amide bonds. The van der Waals surface area contributed by atoms with E-state index in [1.165, 1.54) is 71.1 Å². The standard InChI is InChI=1S/C17H33N3/c1-3-16(2)6-11-20(12-7-16)17(14-18)8-10-19-9-4-5-15(19)13-17/h15H,3-14,18H2,1-2H3. The molecule has 3 aliphatic heterocycles. The van der Waals surface area contributed by atoms with Crippen LogP contribution in [0, 0.1) is 5.41 Å². The van der Waals surface area contributed by atoms with Crippen molar-refractivity contribution in [1.29, 1.82) is 0 Å². The summed E-state index contributed by atoms with van der Waals surface area (Å²) < 4.78 is 0. The predicted molar refractivity (Wildman–Crippen MR) is 84.8 cm³/mol. The fourth-order valence-electron chi connectivity index (χ4n) is 4.79. The molecule has 3 nitrogen and oxygen atoms in total. The second-order valence-corrected chi connectivity index (χ2v) is 7.87. The topological polar surface area (TPSA) is 32.5 Å². The van der Waals surface area contributed by atoms with Crippen LogP contribution in [0.15, 0.2) is 0 Å². The van der Waals surface area contributed by atoms with E-state index in [9.17, 15) is 0 Å². The molecule has 2 unspecified atom stereocenters. The molecule has 2 N–H and O–H groups in total. The Morgan fingerprint density at radius 1 is 1.10 bits per heavy atom. The summed E-state index contributed by atoms with van der Waals surface area (Å²) in [7, 11) is 0. The van der Waals surface area contributed by atoms with Crippen LogP contribution >= 0.6 is 0 Å². The molecule has 2 atom stereocenters. The summed E-state index contributed by atoms with van der Waals surface area (Å²) in [4.78, 5) is 5.49. The van der Waals surface area contributed by atoms with Gasteiger partial charge >= 0.3 is 0 Å². The van der Waals surface area contributed by atoms with Crippen molar-refractivity contribution in [2.45, 2.75) is 70.4 Å². The molecule has 20 heavy (non-hydrogen) atoms. The highest BCUT2D eigenvalue weighted by Crippen LogP contribution is 2.41. The number of hydrogen-bond acceptors (Lipinski definition) is 3. The Balaban J connectivity index is 1.67. The summed E-state index contributed by atoms with van der Waals surface area (Å²) in [6, 6.07) is 0.826. The highest BCUT2D eigenvalue weighted by molar-refractivity contribution is 5.03. The zero-order chi connectivity index (χ0) is 14.2. The quantitative estimate of drug-likeness (QED) is 0.861. The molecule has 0 aromatic rings. The minimum absolute atomic E-state index is 0.320. The van der Waals surface area contributed by atoms with E-state index in [2.05, 4.69) is 23.6 Å². The lowest BCUT2D eigenvalue weighted by Crippen LogP contribution is -2.63. The molecule has 3 rings (SSSR count). The molecule has 3 saturated heterocycles. The molecule has 0 bridgehead atoms. The third-order valence-electron chi connectivity index (χ3n) is 6.85. The molecule has 0 aromatic carbocycles. The zero-order valence-corrected chi connectivity index (χ0v) is 13.5. The SMILES string of the molecule is CCC1(C)CCN(C2(CN)CCN3CCCC3C2)CC1. The van der Waals surface area contributed by atoms with Crippen LogP contribution in [0.4, 0.5) is 0 Å². The maximum absolute atomic E-state index is 6.29. The number of rotatable bonds is 3. The van der Waals surface area contributed by atoms with Gasteiger partial charge in [0.1, 0.15) is 0 Å². The molecule has 0 aliphatic carbocycles. The first-order valence-electron chi connectivity index (χ1n) is 8.80. The van der Waals surface area contributed by atoms with Gasteiger partial charge in [0.2, 0.25) is 0 Å². The number of fused-ring (bicyclic) bond motifs is 1. The van der Waals surface area contributed by atoms with E-state index in [1.54, 1.807) is 0 Å². The van der Waals surface area contributed by atoms with Gasteiger partial charge in [-0.15, -0.1) is 0 Å². The van der Waals surface area contributed by atoms with Crippen LogP contribution in [-0.2, 0) is 0 Å². The van der Waals surface area contributed by atoms with Gasteiger partial charge in [-0.25, -0.2) is 0 Å². The molecular weight excluding hydrogens is 246 g/mol. The summed E-state index contributed by atoms with van der Waals surface area (Å²) in [6.07, 6.45) is 9.47. The Morgan fingerprint density at radius 2 is 1.85 bits per heavy atom. The maximum atomic E-state index is 6.29. The highest BCUT2D eigenvalue weighted by Gasteiger charge is 2.45. The van der Waals surface area contributed by atoms with E-state index in [4.69, 9.17) is 5.73 Å². The Labute approximate surface area is 124 Å². The van der Waals surface area contributed by atoms with Gasteiger partial charge in [-0.1, -0.05) is 20.3 Å². The Hall–Kier alpha value is -0.120. The average Bonchev–Trinajstić information content (AvgIpc) is 2.95. The van der Waals surface area contributed by atoms with Crippen LogP contribution in [-0.4, -0.2) is 54.1 Å². The summed E-state index contributed by atoms with van der Waals surface area (Å²) in [5.74, 6) is 0. The third-order valence-corrected chi connectivity index (χ3v) is 6.85. The number of nitrogens with zero attached hydrogens (tertiary/aromatic N) is 2. The van der Waals surface area contributed by atoms with Crippen molar-refractivity contribution in [3.63, 3.8) is 0 Å². The minimum atomic E-state index is 0.320. The fraction of sp³-hybridized carbons (Fsp3) is 1.00. The van der Waals surface area contributed by atoms with Crippen LogP contribution in [0.2, 0.25) is 0 Å². The van der Waals surface area contributed by atoms with E-state index in [0.717, 1.165) is 12.6 Å². The molecule has 0 aromatic heterocycles. The van der Waals surface area contributed by atoms with Crippen LogP contribution in [0.5, 0.6) is 0 Å². The first-order chi connectivity index (χ1) is 9.61. The Morgan fingerprint density at radius 3 is 2.50 bits per heavy atom. The van der Waals surface area contributed by atoms with E-state index in [-0.39, 0.29) is 0 Å². The fourth-order valence-corrected chi connectivity index (χ4v) is 4.79. The molecule has 3 heterocycles.